The van der Waals surface area contributed by atoms with Gasteiger partial charge >= 0.3 is 0 Å². The van der Waals surface area contributed by atoms with Crippen molar-refractivity contribution in [3.63, 3.8) is 0 Å². The average Bonchev–Trinajstić information content (AvgIpc) is 2.70. The highest BCUT2D eigenvalue weighted by Crippen LogP contribution is 2.46. The largest absolute Gasteiger partial charge is 0.346 e. The van der Waals surface area contributed by atoms with E-state index in [1.165, 1.54) is 16.8 Å². The number of nitrogens with zero attached hydrogens (tertiary/aromatic N) is 3. The molecule has 0 bridgehead atoms. The van der Waals surface area contributed by atoms with Gasteiger partial charge in [-0.3, -0.25) is 0 Å². The van der Waals surface area contributed by atoms with E-state index in [4.69, 9.17) is 0 Å². The van der Waals surface area contributed by atoms with E-state index in [1.807, 2.05) is 30.5 Å². The number of fused-ring (bicyclic) bond motifs is 1. The van der Waals surface area contributed by atoms with Crippen molar-refractivity contribution in [2.75, 3.05) is 11.9 Å². The van der Waals surface area contributed by atoms with Crippen LogP contribution in [0.1, 0.15) is 25.0 Å². The second-order valence-electron chi connectivity index (χ2n) is 6.27. The number of rotatable bonds is 2. The Morgan fingerprint density at radius 2 is 1.68 bits per heavy atom. The number of azo groups is 1. The van der Waals surface area contributed by atoms with E-state index < -0.39 is 0 Å². The van der Waals surface area contributed by atoms with E-state index in [2.05, 4.69) is 67.2 Å². The summed E-state index contributed by atoms with van der Waals surface area (Å²) in [6.07, 6.45) is 1.87. The van der Waals surface area contributed by atoms with Gasteiger partial charge < -0.3 is 4.90 Å². The second-order valence-corrected chi connectivity index (χ2v) is 6.27. The highest BCUT2D eigenvalue weighted by atomic mass is 15.2. The van der Waals surface area contributed by atoms with E-state index in [9.17, 15) is 0 Å². The number of likely N-dealkylation sites (N-methyl/N-ethyl adjacent to an activating group) is 1. The van der Waals surface area contributed by atoms with Crippen molar-refractivity contribution in [2.45, 2.75) is 26.2 Å². The Morgan fingerprint density at radius 1 is 1.00 bits per heavy atom. The minimum absolute atomic E-state index is 0.0579. The van der Waals surface area contributed by atoms with Gasteiger partial charge in [0.1, 0.15) is 0 Å². The van der Waals surface area contributed by atoms with E-state index in [0.717, 1.165) is 11.4 Å². The first-order valence-corrected chi connectivity index (χ1v) is 7.51. The Bertz CT molecular complexity index is 740. The highest BCUT2D eigenvalue weighted by molar-refractivity contribution is 5.69. The third kappa shape index (κ3) is 2.43. The zero-order valence-electron chi connectivity index (χ0n) is 13.5. The molecule has 2 aromatic rings. The number of anilines is 1. The molecule has 0 atom stereocenters. The molecular formula is C19H21N3. The van der Waals surface area contributed by atoms with Crippen LogP contribution in [0.25, 0.3) is 0 Å². The first-order valence-electron chi connectivity index (χ1n) is 7.51. The van der Waals surface area contributed by atoms with Gasteiger partial charge in [0.25, 0.3) is 0 Å². The molecule has 1 aliphatic heterocycles. The van der Waals surface area contributed by atoms with Crippen LogP contribution in [0.15, 0.2) is 70.7 Å². The van der Waals surface area contributed by atoms with Crippen molar-refractivity contribution < 1.29 is 0 Å². The van der Waals surface area contributed by atoms with Crippen LogP contribution in [0.2, 0.25) is 0 Å². The lowest BCUT2D eigenvalue weighted by molar-refractivity contribution is 0.637. The number of allylic oxidation sites excluding steroid dienone is 1. The van der Waals surface area contributed by atoms with Crippen molar-refractivity contribution in [2.24, 2.45) is 10.2 Å². The summed E-state index contributed by atoms with van der Waals surface area (Å²) in [5, 5.41) is 8.60. The summed E-state index contributed by atoms with van der Waals surface area (Å²) in [4.78, 5) is 2.20. The lowest BCUT2D eigenvalue weighted by Gasteiger charge is -2.22. The molecule has 22 heavy (non-hydrogen) atoms. The van der Waals surface area contributed by atoms with Crippen molar-refractivity contribution in [1.29, 1.82) is 0 Å². The van der Waals surface area contributed by atoms with Crippen molar-refractivity contribution >= 4 is 11.4 Å². The number of aryl methyl sites for hydroxylation is 1. The molecule has 3 nitrogen and oxygen atoms in total. The fraction of sp³-hybridized carbons (Fsp3) is 0.263. The number of hydrogen-bond acceptors (Lipinski definition) is 3. The van der Waals surface area contributed by atoms with Crippen LogP contribution < -0.4 is 4.90 Å². The van der Waals surface area contributed by atoms with Gasteiger partial charge in [-0.25, -0.2) is 0 Å². The lowest BCUT2D eigenvalue weighted by atomic mass is 9.84. The Morgan fingerprint density at radius 3 is 2.36 bits per heavy atom. The molecule has 0 radical (unpaired) electrons. The van der Waals surface area contributed by atoms with Gasteiger partial charge in [0, 0.05) is 23.8 Å². The van der Waals surface area contributed by atoms with Gasteiger partial charge in [-0.05, 0) is 30.7 Å². The third-order valence-corrected chi connectivity index (χ3v) is 4.33. The molecule has 0 amide bonds. The van der Waals surface area contributed by atoms with Crippen LogP contribution in [0.4, 0.5) is 11.4 Å². The summed E-state index contributed by atoms with van der Waals surface area (Å²) >= 11 is 0. The Balaban J connectivity index is 1.90. The summed E-state index contributed by atoms with van der Waals surface area (Å²) in [5.41, 5.74) is 5.77. The van der Waals surface area contributed by atoms with Crippen LogP contribution in [-0.2, 0) is 5.41 Å². The molecule has 0 saturated heterocycles. The van der Waals surface area contributed by atoms with Gasteiger partial charge in [0.2, 0.25) is 0 Å². The average molecular weight is 291 g/mol. The number of benzene rings is 2. The molecule has 1 heterocycles. The van der Waals surface area contributed by atoms with Gasteiger partial charge in [-0.2, -0.15) is 10.2 Å². The first kappa shape index (κ1) is 14.5. The quantitative estimate of drug-likeness (QED) is 0.686. The monoisotopic (exact) mass is 291 g/mol. The van der Waals surface area contributed by atoms with Crippen molar-refractivity contribution in [3.8, 4) is 0 Å². The summed E-state index contributed by atoms with van der Waals surface area (Å²) in [6.45, 7) is 6.52. The molecule has 112 valence electrons. The van der Waals surface area contributed by atoms with Gasteiger partial charge in [-0.1, -0.05) is 49.7 Å². The van der Waals surface area contributed by atoms with Crippen molar-refractivity contribution in [1.82, 2.24) is 0 Å². The summed E-state index contributed by atoms with van der Waals surface area (Å²) in [5.74, 6) is 0. The van der Waals surface area contributed by atoms with Crippen LogP contribution in [0.5, 0.6) is 0 Å². The van der Waals surface area contributed by atoms with E-state index in [1.54, 1.807) is 0 Å². The summed E-state index contributed by atoms with van der Waals surface area (Å²) < 4.78 is 0. The maximum absolute atomic E-state index is 4.30. The number of hydrogen-bond donors (Lipinski definition) is 0. The highest BCUT2D eigenvalue weighted by Gasteiger charge is 2.38. The second kappa shape index (κ2) is 5.41. The number of para-hydroxylation sites is 1. The molecule has 0 fully saturated rings. The molecule has 0 aliphatic carbocycles. The predicted molar refractivity (Wildman–Crippen MR) is 91.6 cm³/mol. The molecular weight excluding hydrogens is 270 g/mol. The minimum atomic E-state index is -0.0579. The molecule has 3 heteroatoms. The van der Waals surface area contributed by atoms with E-state index >= 15 is 0 Å². The molecule has 0 unspecified atom stereocenters. The van der Waals surface area contributed by atoms with E-state index in [0.29, 0.717) is 0 Å². The van der Waals surface area contributed by atoms with Crippen LogP contribution in [0, 0.1) is 6.92 Å². The lowest BCUT2D eigenvalue weighted by Crippen LogP contribution is -2.22. The molecule has 2 aromatic carbocycles. The van der Waals surface area contributed by atoms with Crippen LogP contribution in [0.3, 0.4) is 0 Å². The fourth-order valence-electron chi connectivity index (χ4n) is 2.99. The first-order chi connectivity index (χ1) is 10.5. The fourth-order valence-corrected chi connectivity index (χ4v) is 2.99. The zero-order valence-corrected chi connectivity index (χ0v) is 13.5. The Hall–Kier alpha value is -2.42. The maximum atomic E-state index is 4.30. The van der Waals surface area contributed by atoms with Gasteiger partial charge in [0.05, 0.1) is 11.9 Å². The summed E-state index contributed by atoms with van der Waals surface area (Å²) in [6, 6.07) is 16.5. The standard InChI is InChI=1S/C19H21N3/c1-14-9-11-15(12-10-14)21-20-13-18-19(2,3)16-7-5-6-8-17(16)22(18)4/h5-13H,1-4H3/b18-13-,21-20?. The van der Waals surface area contributed by atoms with Crippen LogP contribution >= 0.6 is 0 Å². The topological polar surface area (TPSA) is 28.0 Å². The Labute approximate surface area is 132 Å². The smallest absolute Gasteiger partial charge is 0.0857 e. The van der Waals surface area contributed by atoms with Crippen LogP contribution in [-0.4, -0.2) is 7.05 Å². The SMILES string of the molecule is Cc1ccc(N=N/C=C2\N(C)c3ccccc3C2(C)C)cc1. The minimum Gasteiger partial charge on any atom is -0.346 e. The third-order valence-electron chi connectivity index (χ3n) is 4.33. The van der Waals surface area contributed by atoms with Gasteiger partial charge in [-0.15, -0.1) is 0 Å². The van der Waals surface area contributed by atoms with Gasteiger partial charge in [0.15, 0.2) is 0 Å². The molecule has 0 aromatic heterocycles. The summed E-state index contributed by atoms with van der Waals surface area (Å²) in [7, 11) is 2.08. The molecule has 0 saturated carbocycles. The van der Waals surface area contributed by atoms with E-state index in [-0.39, 0.29) is 5.41 Å². The normalized spacial score (nSPS) is 18.2. The molecule has 0 N–H and O–H groups in total. The molecule has 1 aliphatic rings. The predicted octanol–water partition coefficient (Wildman–Crippen LogP) is 5.35. The molecule has 0 spiro atoms. The Kier molecular flexibility index (Phi) is 3.57. The maximum Gasteiger partial charge on any atom is 0.0857 e. The zero-order chi connectivity index (χ0) is 15.7. The molecule has 3 rings (SSSR count). The van der Waals surface area contributed by atoms with Crippen molar-refractivity contribution in [3.05, 3.63) is 71.6 Å².